The van der Waals surface area contributed by atoms with E-state index >= 15 is 0 Å². The van der Waals surface area contributed by atoms with E-state index in [0.717, 1.165) is 12.8 Å². The second kappa shape index (κ2) is 16.2. The van der Waals surface area contributed by atoms with Crippen LogP contribution in [-0.4, -0.2) is 14.3 Å². The molecule has 0 atom stereocenters. The van der Waals surface area contributed by atoms with Gasteiger partial charge in [0, 0.05) is 19.3 Å². The largest absolute Gasteiger partial charge is 0.519 e. The number of carbonyl (C=O) groups excluding carboxylic acids is 1. The highest BCUT2D eigenvalue weighted by molar-refractivity contribution is 6.75. The molecule has 29 heavy (non-hydrogen) atoms. The summed E-state index contributed by atoms with van der Waals surface area (Å²) in [5.41, 5.74) is 0. The first-order chi connectivity index (χ1) is 13.7. The molecule has 0 bridgehead atoms. The number of hydrogen-bond acceptors (Lipinski definition) is 2. The Morgan fingerprint density at radius 3 is 1.79 bits per heavy atom. The Hall–Kier alpha value is -1.63. The van der Waals surface area contributed by atoms with Crippen LogP contribution in [0.4, 0.5) is 0 Å². The van der Waals surface area contributed by atoms with Gasteiger partial charge in [0.1, 0.15) is 0 Å². The number of unbranched alkanes of at least 4 members (excludes halogenated alkanes) is 7. The Morgan fingerprint density at radius 1 is 0.759 bits per heavy atom. The zero-order chi connectivity index (χ0) is 22.0. The molecule has 0 amide bonds. The topological polar surface area (TPSA) is 26.3 Å². The van der Waals surface area contributed by atoms with Gasteiger partial charge in [0.05, 0.1) is 12.8 Å². The minimum Gasteiger partial charge on any atom is -0.519 e. The highest BCUT2D eigenvalue weighted by Crippen LogP contribution is 2.36. The van der Waals surface area contributed by atoms with Crippen LogP contribution in [-0.2, 0) is 9.22 Å². The van der Waals surface area contributed by atoms with E-state index in [0.29, 0.717) is 25.7 Å². The fourth-order valence-corrected chi connectivity index (χ4v) is 3.30. The molecule has 0 radical (unpaired) electrons. The van der Waals surface area contributed by atoms with Crippen LogP contribution < -0.4 is 0 Å². The zero-order valence-corrected chi connectivity index (χ0v) is 20.8. The lowest BCUT2D eigenvalue weighted by Crippen LogP contribution is -2.42. The second-order valence-corrected chi connectivity index (χ2v) is 13.7. The van der Waals surface area contributed by atoms with E-state index in [1.807, 2.05) is 0 Å². The van der Waals surface area contributed by atoms with Crippen molar-refractivity contribution in [3.63, 3.8) is 0 Å². The average Bonchev–Trinajstić information content (AvgIpc) is 2.63. The molecule has 0 saturated carbocycles. The van der Waals surface area contributed by atoms with Crippen LogP contribution >= 0.6 is 0 Å². The maximum absolute atomic E-state index is 12.0. The van der Waals surface area contributed by atoms with Crippen LogP contribution in [0.5, 0.6) is 0 Å². The van der Waals surface area contributed by atoms with E-state index in [1.54, 1.807) is 0 Å². The van der Waals surface area contributed by atoms with Gasteiger partial charge in [-0.1, -0.05) is 83.5 Å². The van der Waals surface area contributed by atoms with Gasteiger partial charge in [-0.25, -0.2) is 0 Å². The molecule has 3 heteroatoms. The second-order valence-electron chi connectivity index (χ2n) is 9.02. The van der Waals surface area contributed by atoms with Crippen molar-refractivity contribution in [3.8, 4) is 35.5 Å². The summed E-state index contributed by atoms with van der Waals surface area (Å²) < 4.78 is 5.75. The van der Waals surface area contributed by atoms with E-state index in [9.17, 15) is 4.79 Å². The summed E-state index contributed by atoms with van der Waals surface area (Å²) in [4.78, 5) is 12.0. The summed E-state index contributed by atoms with van der Waals surface area (Å²) in [6.45, 7) is 12.9. The van der Waals surface area contributed by atoms with Gasteiger partial charge in [0.2, 0.25) is 0 Å². The van der Waals surface area contributed by atoms with E-state index in [1.165, 1.54) is 38.5 Å². The molecule has 0 aromatic heterocycles. The van der Waals surface area contributed by atoms with Gasteiger partial charge in [-0.2, -0.15) is 0 Å². The van der Waals surface area contributed by atoms with Crippen molar-refractivity contribution >= 4 is 14.3 Å². The summed E-state index contributed by atoms with van der Waals surface area (Å²) in [5, 5.41) is 0.0553. The molecule has 0 saturated heterocycles. The molecule has 0 aliphatic rings. The first kappa shape index (κ1) is 27.4. The molecule has 0 aliphatic carbocycles. The van der Waals surface area contributed by atoms with Gasteiger partial charge in [-0.15, -0.1) is 11.8 Å². The maximum atomic E-state index is 12.0. The van der Waals surface area contributed by atoms with E-state index in [-0.39, 0.29) is 11.0 Å². The highest BCUT2D eigenvalue weighted by Gasteiger charge is 2.40. The fourth-order valence-electron chi connectivity index (χ4n) is 2.32. The van der Waals surface area contributed by atoms with E-state index in [2.05, 4.69) is 76.3 Å². The predicted molar refractivity (Wildman–Crippen MR) is 128 cm³/mol. The molecule has 2 nitrogen and oxygen atoms in total. The van der Waals surface area contributed by atoms with Crippen LogP contribution in [0.15, 0.2) is 0 Å². The summed E-state index contributed by atoms with van der Waals surface area (Å²) in [5.74, 6) is 18.5. The molecule has 0 rings (SSSR count). The lowest BCUT2D eigenvalue weighted by Gasteiger charge is -2.35. The van der Waals surface area contributed by atoms with Crippen LogP contribution in [0.25, 0.3) is 0 Å². The van der Waals surface area contributed by atoms with Crippen molar-refractivity contribution in [2.24, 2.45) is 0 Å². The monoisotopic (exact) mass is 414 g/mol. The first-order valence-electron chi connectivity index (χ1n) is 11.3. The molecular weight excluding hydrogens is 372 g/mol. The van der Waals surface area contributed by atoms with Gasteiger partial charge in [0.15, 0.2) is 0 Å². The lowest BCUT2D eigenvalue weighted by atomic mass is 10.1. The Labute approximate surface area is 182 Å². The average molecular weight is 415 g/mol. The van der Waals surface area contributed by atoms with Gasteiger partial charge < -0.3 is 4.43 Å². The normalized spacial score (nSPS) is 10.7. The van der Waals surface area contributed by atoms with Crippen molar-refractivity contribution < 1.29 is 9.22 Å². The first-order valence-corrected chi connectivity index (χ1v) is 14.2. The number of hydrogen-bond donors (Lipinski definition) is 0. The predicted octanol–water partition coefficient (Wildman–Crippen LogP) is 7.25. The summed E-state index contributed by atoms with van der Waals surface area (Å²) in [6.07, 6.45) is 12.0. The highest BCUT2D eigenvalue weighted by atomic mass is 28.4. The van der Waals surface area contributed by atoms with Crippen molar-refractivity contribution in [3.05, 3.63) is 0 Å². The minimum absolute atomic E-state index is 0.0553. The van der Waals surface area contributed by atoms with E-state index < -0.39 is 8.32 Å². The van der Waals surface area contributed by atoms with Gasteiger partial charge >= 0.3 is 0 Å². The summed E-state index contributed by atoms with van der Waals surface area (Å²) >= 11 is 0. The third kappa shape index (κ3) is 15.9. The van der Waals surface area contributed by atoms with Gasteiger partial charge in [0.25, 0.3) is 14.3 Å². The molecule has 0 unspecified atom stereocenters. The Morgan fingerprint density at radius 2 is 1.24 bits per heavy atom. The van der Waals surface area contributed by atoms with Gasteiger partial charge in [-0.05, 0) is 31.0 Å². The quantitative estimate of drug-likeness (QED) is 0.214. The molecule has 0 aromatic rings. The molecule has 0 N–H and O–H groups in total. The van der Waals surface area contributed by atoms with Crippen molar-refractivity contribution in [2.75, 3.05) is 0 Å². The number of rotatable bonds is 10. The summed E-state index contributed by atoms with van der Waals surface area (Å²) in [6, 6.07) is 0. The van der Waals surface area contributed by atoms with Crippen molar-refractivity contribution in [1.29, 1.82) is 0 Å². The molecule has 0 fully saturated rings. The standard InChI is InChI=1S/C26H42O2Si/c1-7-8-9-10-11-12-13-14-15-16-17-18-19-20-21-22-23-24-25(27)28-29(5,6)26(2,3)4/h7-13,16,19,22-24H2,1-6H3. The Balaban J connectivity index is 3.76. The SMILES string of the molecule is CCCCCCCCC#CCC#CCC#CCCCC(=O)O[Si](C)(C)C(C)(C)C. The van der Waals surface area contributed by atoms with Gasteiger partial charge in [-0.3, -0.25) is 4.79 Å². The molecule has 162 valence electrons. The number of carbonyl (C=O) groups is 1. The lowest BCUT2D eigenvalue weighted by molar-refractivity contribution is -0.135. The fraction of sp³-hybridized carbons (Fsp3) is 0.731. The third-order valence-electron chi connectivity index (χ3n) is 5.24. The minimum atomic E-state index is -2.00. The van der Waals surface area contributed by atoms with Crippen molar-refractivity contribution in [2.45, 2.75) is 123 Å². The molecule has 0 aliphatic heterocycles. The molecular formula is C26H42O2Si. The third-order valence-corrected chi connectivity index (χ3v) is 9.59. The summed E-state index contributed by atoms with van der Waals surface area (Å²) in [7, 11) is -2.00. The Bertz CT molecular complexity index is 636. The van der Waals surface area contributed by atoms with Crippen LogP contribution in [0.2, 0.25) is 18.1 Å². The van der Waals surface area contributed by atoms with E-state index in [4.69, 9.17) is 4.43 Å². The van der Waals surface area contributed by atoms with Crippen LogP contribution in [0.3, 0.4) is 0 Å². The molecule has 0 heterocycles. The Kier molecular flexibility index (Phi) is 15.3. The van der Waals surface area contributed by atoms with Crippen LogP contribution in [0, 0.1) is 35.5 Å². The molecule has 0 aromatic carbocycles. The maximum Gasteiger partial charge on any atom is 0.292 e. The smallest absolute Gasteiger partial charge is 0.292 e. The van der Waals surface area contributed by atoms with Crippen molar-refractivity contribution in [1.82, 2.24) is 0 Å². The van der Waals surface area contributed by atoms with Crippen LogP contribution in [0.1, 0.15) is 105 Å². The zero-order valence-electron chi connectivity index (χ0n) is 19.8. The molecule has 0 spiro atoms.